The predicted octanol–water partition coefficient (Wildman–Crippen LogP) is 2.08. The highest BCUT2D eigenvalue weighted by molar-refractivity contribution is 7.90. The first-order valence-corrected chi connectivity index (χ1v) is 9.02. The first-order valence-electron chi connectivity index (χ1n) is 6.75. The summed E-state index contributed by atoms with van der Waals surface area (Å²) in [6.07, 6.45) is 2.08. The molecule has 0 fully saturated rings. The van der Waals surface area contributed by atoms with Crippen LogP contribution in [-0.4, -0.2) is 30.5 Å². The Balaban J connectivity index is 2.13. The fourth-order valence-corrected chi connectivity index (χ4v) is 2.63. The molecule has 0 atom stereocenters. The van der Waals surface area contributed by atoms with E-state index in [1.807, 2.05) is 32.0 Å². The van der Waals surface area contributed by atoms with Gasteiger partial charge in [0.2, 0.25) is 15.0 Å². The van der Waals surface area contributed by atoms with Gasteiger partial charge in [0, 0.05) is 19.0 Å². The fraction of sp³-hybridized carbons (Fsp3) is 0.267. The van der Waals surface area contributed by atoms with Gasteiger partial charge in [-0.3, -0.25) is 4.79 Å². The molecule has 0 aliphatic carbocycles. The molecule has 0 spiro atoms. The zero-order chi connectivity index (χ0) is 17.2. The Labute approximate surface area is 139 Å². The van der Waals surface area contributed by atoms with Crippen LogP contribution in [0.25, 0.3) is 0 Å². The number of rotatable bonds is 4. The molecule has 0 bridgehead atoms. The highest BCUT2D eigenvalue weighted by Gasteiger charge is 2.17. The van der Waals surface area contributed by atoms with Crippen LogP contribution in [0, 0.1) is 13.8 Å². The monoisotopic (exact) mass is 353 g/mol. The van der Waals surface area contributed by atoms with Crippen molar-refractivity contribution in [1.29, 1.82) is 0 Å². The van der Waals surface area contributed by atoms with Crippen molar-refractivity contribution in [3.05, 3.63) is 51.8 Å². The molecule has 0 radical (unpaired) electrons. The topological polar surface area (TPSA) is 89.0 Å². The lowest BCUT2D eigenvalue weighted by molar-refractivity contribution is 0.0950. The molecule has 23 heavy (non-hydrogen) atoms. The van der Waals surface area contributed by atoms with Gasteiger partial charge in [-0.25, -0.2) is 18.4 Å². The standard InChI is InChI=1S/C15H16ClN3O3S/c1-9-4-5-11(6-10(9)2)7-17-14(20)12-8-18-15(19-13(12)16)23(3,21)22/h4-6,8H,7H2,1-3H3,(H,17,20). The quantitative estimate of drug-likeness (QED) is 0.671. The second-order valence-corrected chi connectivity index (χ2v) is 7.50. The molecule has 0 saturated heterocycles. The molecular formula is C15H16ClN3O3S. The van der Waals surface area contributed by atoms with Crippen molar-refractivity contribution in [3.8, 4) is 0 Å². The van der Waals surface area contributed by atoms with Crippen molar-refractivity contribution in [2.75, 3.05) is 6.26 Å². The molecule has 0 aliphatic heterocycles. The van der Waals surface area contributed by atoms with Crippen molar-refractivity contribution in [1.82, 2.24) is 15.3 Å². The van der Waals surface area contributed by atoms with E-state index in [9.17, 15) is 13.2 Å². The smallest absolute Gasteiger partial charge is 0.256 e. The van der Waals surface area contributed by atoms with Crippen molar-refractivity contribution in [3.63, 3.8) is 0 Å². The summed E-state index contributed by atoms with van der Waals surface area (Å²) in [5, 5.41) is 2.10. The average Bonchev–Trinajstić information content (AvgIpc) is 2.47. The van der Waals surface area contributed by atoms with Crippen molar-refractivity contribution in [2.24, 2.45) is 0 Å². The first-order chi connectivity index (χ1) is 10.7. The molecule has 1 aromatic heterocycles. The number of nitrogens with zero attached hydrogens (tertiary/aromatic N) is 2. The third kappa shape index (κ3) is 4.27. The Bertz CT molecular complexity index is 866. The minimum atomic E-state index is -3.57. The van der Waals surface area contributed by atoms with Gasteiger partial charge < -0.3 is 5.32 Å². The van der Waals surface area contributed by atoms with Crippen molar-refractivity contribution in [2.45, 2.75) is 25.5 Å². The average molecular weight is 354 g/mol. The summed E-state index contributed by atoms with van der Waals surface area (Å²) < 4.78 is 22.7. The number of sulfone groups is 1. The highest BCUT2D eigenvalue weighted by atomic mass is 35.5. The summed E-state index contributed by atoms with van der Waals surface area (Å²) in [6.45, 7) is 4.33. The molecular weight excluding hydrogens is 338 g/mol. The van der Waals surface area contributed by atoms with E-state index in [2.05, 4.69) is 15.3 Å². The normalized spacial score (nSPS) is 11.3. The number of amides is 1. The van der Waals surface area contributed by atoms with Gasteiger partial charge in [0.15, 0.2) is 0 Å². The number of nitrogens with one attached hydrogen (secondary N) is 1. The van der Waals surface area contributed by atoms with E-state index in [0.717, 1.165) is 23.6 Å². The Hall–Kier alpha value is -1.99. The Morgan fingerprint density at radius 2 is 1.96 bits per heavy atom. The van der Waals surface area contributed by atoms with E-state index in [-0.39, 0.29) is 10.7 Å². The maximum Gasteiger partial charge on any atom is 0.256 e. The molecule has 1 amide bonds. The number of hydrogen-bond acceptors (Lipinski definition) is 5. The van der Waals surface area contributed by atoms with Crippen LogP contribution < -0.4 is 5.32 Å². The predicted molar refractivity (Wildman–Crippen MR) is 87.2 cm³/mol. The van der Waals surface area contributed by atoms with Crippen LogP contribution in [0.15, 0.2) is 29.6 Å². The molecule has 2 aromatic rings. The molecule has 122 valence electrons. The molecule has 1 heterocycles. The third-order valence-electron chi connectivity index (χ3n) is 3.32. The molecule has 6 nitrogen and oxygen atoms in total. The van der Waals surface area contributed by atoms with E-state index in [1.54, 1.807) is 0 Å². The molecule has 2 rings (SSSR count). The van der Waals surface area contributed by atoms with E-state index in [4.69, 9.17) is 11.6 Å². The van der Waals surface area contributed by atoms with Gasteiger partial charge in [0.05, 0.1) is 5.56 Å². The summed E-state index contributed by atoms with van der Waals surface area (Å²) in [6, 6.07) is 5.89. The fourth-order valence-electron chi connectivity index (χ4n) is 1.87. The van der Waals surface area contributed by atoms with E-state index >= 15 is 0 Å². The Morgan fingerprint density at radius 3 is 2.52 bits per heavy atom. The summed E-state index contributed by atoms with van der Waals surface area (Å²) >= 11 is 5.88. The SMILES string of the molecule is Cc1ccc(CNC(=O)c2cnc(S(C)(=O)=O)nc2Cl)cc1C. The van der Waals surface area contributed by atoms with Gasteiger partial charge >= 0.3 is 0 Å². The summed E-state index contributed by atoms with van der Waals surface area (Å²) in [7, 11) is -3.57. The van der Waals surface area contributed by atoms with Gasteiger partial charge in [-0.15, -0.1) is 0 Å². The molecule has 0 aliphatic rings. The number of aromatic nitrogens is 2. The molecule has 1 aromatic carbocycles. The van der Waals surface area contributed by atoms with Crippen LogP contribution >= 0.6 is 11.6 Å². The number of aryl methyl sites for hydroxylation is 2. The van der Waals surface area contributed by atoms with Crippen LogP contribution in [0.2, 0.25) is 5.15 Å². The van der Waals surface area contributed by atoms with E-state index in [0.29, 0.717) is 6.54 Å². The van der Waals surface area contributed by atoms with E-state index < -0.39 is 20.9 Å². The molecule has 1 N–H and O–H groups in total. The number of carbonyl (C=O) groups excluding carboxylic acids is 1. The lowest BCUT2D eigenvalue weighted by Gasteiger charge is -2.08. The van der Waals surface area contributed by atoms with Crippen molar-refractivity contribution < 1.29 is 13.2 Å². The summed E-state index contributed by atoms with van der Waals surface area (Å²) in [5.41, 5.74) is 3.29. The van der Waals surface area contributed by atoms with Gasteiger partial charge in [-0.2, -0.15) is 0 Å². The van der Waals surface area contributed by atoms with Gasteiger partial charge in [-0.1, -0.05) is 29.8 Å². The number of halogens is 1. The van der Waals surface area contributed by atoms with Gasteiger partial charge in [0.25, 0.3) is 5.91 Å². The third-order valence-corrected chi connectivity index (χ3v) is 4.47. The summed E-state index contributed by atoms with van der Waals surface area (Å²) in [4.78, 5) is 19.4. The van der Waals surface area contributed by atoms with Crippen LogP contribution in [0.5, 0.6) is 0 Å². The van der Waals surface area contributed by atoms with Crippen LogP contribution in [-0.2, 0) is 16.4 Å². The lowest BCUT2D eigenvalue weighted by atomic mass is 10.1. The zero-order valence-electron chi connectivity index (χ0n) is 12.9. The summed E-state index contributed by atoms with van der Waals surface area (Å²) in [5.74, 6) is -0.465. The number of hydrogen-bond donors (Lipinski definition) is 1. The van der Waals surface area contributed by atoms with Crippen molar-refractivity contribution >= 4 is 27.3 Å². The maximum atomic E-state index is 12.1. The second-order valence-electron chi connectivity index (χ2n) is 5.23. The van der Waals surface area contributed by atoms with Gasteiger partial charge in [-0.05, 0) is 30.5 Å². The molecule has 0 saturated carbocycles. The maximum absolute atomic E-state index is 12.1. The minimum Gasteiger partial charge on any atom is -0.348 e. The minimum absolute atomic E-state index is 0.0305. The van der Waals surface area contributed by atoms with Crippen LogP contribution in [0.1, 0.15) is 27.0 Å². The molecule has 0 unspecified atom stereocenters. The number of carbonyl (C=O) groups is 1. The number of benzene rings is 1. The molecule has 8 heteroatoms. The Kier molecular flexibility index (Phi) is 5.01. The van der Waals surface area contributed by atoms with Crippen LogP contribution in [0.3, 0.4) is 0 Å². The first kappa shape index (κ1) is 17.4. The zero-order valence-corrected chi connectivity index (χ0v) is 14.5. The Morgan fingerprint density at radius 1 is 1.26 bits per heavy atom. The van der Waals surface area contributed by atoms with E-state index in [1.165, 1.54) is 5.56 Å². The lowest BCUT2D eigenvalue weighted by Crippen LogP contribution is -2.24. The van der Waals surface area contributed by atoms with Crippen LogP contribution in [0.4, 0.5) is 0 Å². The second kappa shape index (κ2) is 6.64. The largest absolute Gasteiger partial charge is 0.348 e. The highest BCUT2D eigenvalue weighted by Crippen LogP contribution is 2.15. The van der Waals surface area contributed by atoms with Gasteiger partial charge in [0.1, 0.15) is 5.15 Å².